The highest BCUT2D eigenvalue weighted by molar-refractivity contribution is 5.77. The minimum atomic E-state index is -0.158. The number of hydrogen-bond acceptors (Lipinski definition) is 6. The van der Waals surface area contributed by atoms with Crippen LogP contribution in [0.4, 0.5) is 11.6 Å². The quantitative estimate of drug-likeness (QED) is 0.502. The van der Waals surface area contributed by atoms with E-state index < -0.39 is 0 Å². The minimum Gasteiger partial charge on any atom is -0.324 e. The molecule has 0 saturated heterocycles. The van der Waals surface area contributed by atoms with E-state index >= 15 is 0 Å². The maximum atomic E-state index is 13.2. The Morgan fingerprint density at radius 3 is 2.76 bits per heavy atom. The molecule has 1 aromatic carbocycles. The first kappa shape index (κ1) is 20.2. The van der Waals surface area contributed by atoms with Gasteiger partial charge >= 0.3 is 0 Å². The lowest BCUT2D eigenvalue weighted by atomic mass is 10.0. The van der Waals surface area contributed by atoms with Gasteiger partial charge in [-0.1, -0.05) is 6.07 Å². The third kappa shape index (κ3) is 3.52. The zero-order valence-corrected chi connectivity index (χ0v) is 19.2. The van der Waals surface area contributed by atoms with Gasteiger partial charge in [-0.2, -0.15) is 10.1 Å². The lowest BCUT2D eigenvalue weighted by molar-refractivity contribution is 0.353. The van der Waals surface area contributed by atoms with E-state index in [1.807, 2.05) is 21.6 Å². The predicted molar refractivity (Wildman–Crippen MR) is 127 cm³/mol. The molecule has 9 heteroatoms. The highest BCUT2D eigenvalue weighted by Crippen LogP contribution is 2.35. The standard InChI is InChI=1S/C24H28N8O/c1-24(2,3)30-11-9-20(29-30)32-21-19(22(33)31(32)18-6-7-18)14-26-23(28-21)27-17-5-4-15-8-10-25-13-16(15)12-17/h4-5,9,11-12,14,18,25H,6-8,10,13H2,1-3H3,(H,26,27,28). The summed E-state index contributed by atoms with van der Waals surface area (Å²) in [5.74, 6) is 1.15. The van der Waals surface area contributed by atoms with E-state index in [4.69, 9.17) is 10.1 Å². The van der Waals surface area contributed by atoms with Crippen LogP contribution < -0.4 is 16.2 Å². The number of benzene rings is 1. The molecule has 1 aliphatic carbocycles. The van der Waals surface area contributed by atoms with E-state index in [0.29, 0.717) is 22.8 Å². The fourth-order valence-electron chi connectivity index (χ4n) is 4.42. The molecule has 0 amide bonds. The molecule has 2 aliphatic rings. The average molecular weight is 445 g/mol. The van der Waals surface area contributed by atoms with Crippen molar-refractivity contribution in [3.05, 3.63) is 58.1 Å². The highest BCUT2D eigenvalue weighted by atomic mass is 16.1. The van der Waals surface area contributed by atoms with Gasteiger partial charge in [0.2, 0.25) is 5.95 Å². The first-order chi connectivity index (χ1) is 15.9. The van der Waals surface area contributed by atoms with Crippen LogP contribution in [0.2, 0.25) is 0 Å². The monoisotopic (exact) mass is 444 g/mol. The van der Waals surface area contributed by atoms with Crippen LogP contribution in [-0.4, -0.2) is 35.7 Å². The van der Waals surface area contributed by atoms with Gasteiger partial charge in [0.1, 0.15) is 5.39 Å². The summed E-state index contributed by atoms with van der Waals surface area (Å²) in [6.07, 6.45) is 6.59. The van der Waals surface area contributed by atoms with Gasteiger partial charge in [0.05, 0.1) is 11.6 Å². The zero-order valence-electron chi connectivity index (χ0n) is 19.2. The summed E-state index contributed by atoms with van der Waals surface area (Å²) in [4.78, 5) is 22.5. The Morgan fingerprint density at radius 2 is 2.00 bits per heavy atom. The molecule has 33 heavy (non-hydrogen) atoms. The van der Waals surface area contributed by atoms with Crippen LogP contribution in [0.15, 0.2) is 41.5 Å². The number of nitrogens with one attached hydrogen (secondary N) is 2. The van der Waals surface area contributed by atoms with Crippen molar-refractivity contribution in [3.63, 3.8) is 0 Å². The molecule has 4 heterocycles. The third-order valence-electron chi connectivity index (χ3n) is 6.34. The van der Waals surface area contributed by atoms with E-state index in [-0.39, 0.29) is 17.1 Å². The second-order valence-electron chi connectivity index (χ2n) is 9.95. The van der Waals surface area contributed by atoms with Crippen LogP contribution in [-0.2, 0) is 18.5 Å². The predicted octanol–water partition coefficient (Wildman–Crippen LogP) is 3.26. The fraction of sp³-hybridized carbons (Fsp3) is 0.417. The molecule has 1 saturated carbocycles. The molecular weight excluding hydrogens is 416 g/mol. The lowest BCUT2D eigenvalue weighted by Gasteiger charge is -2.19. The van der Waals surface area contributed by atoms with Crippen LogP contribution in [0.5, 0.6) is 0 Å². The minimum absolute atomic E-state index is 0.0655. The van der Waals surface area contributed by atoms with Gasteiger partial charge in [-0.3, -0.25) is 9.48 Å². The van der Waals surface area contributed by atoms with Gasteiger partial charge in [-0.05, 0) is 69.8 Å². The number of aromatic nitrogens is 6. The second kappa shape index (κ2) is 7.28. The molecule has 3 aromatic heterocycles. The van der Waals surface area contributed by atoms with Gasteiger partial charge in [0.25, 0.3) is 5.56 Å². The van der Waals surface area contributed by atoms with Gasteiger partial charge in [0.15, 0.2) is 11.5 Å². The van der Waals surface area contributed by atoms with E-state index in [0.717, 1.165) is 38.0 Å². The average Bonchev–Trinajstić information content (AvgIpc) is 3.42. The van der Waals surface area contributed by atoms with Crippen molar-refractivity contribution in [3.8, 4) is 5.82 Å². The Bertz CT molecular complexity index is 1420. The van der Waals surface area contributed by atoms with Crippen LogP contribution in [0.1, 0.15) is 50.8 Å². The fourth-order valence-corrected chi connectivity index (χ4v) is 4.42. The Morgan fingerprint density at radius 1 is 1.15 bits per heavy atom. The normalized spacial score (nSPS) is 16.2. The summed E-state index contributed by atoms with van der Waals surface area (Å²) in [5.41, 5.74) is 3.95. The Balaban J connectivity index is 1.44. The molecule has 2 N–H and O–H groups in total. The van der Waals surface area contributed by atoms with Crippen molar-refractivity contribution in [2.24, 2.45) is 0 Å². The van der Waals surface area contributed by atoms with Crippen molar-refractivity contribution in [1.82, 2.24) is 34.4 Å². The van der Waals surface area contributed by atoms with Crippen molar-refractivity contribution >= 4 is 22.7 Å². The number of anilines is 2. The molecule has 0 unspecified atom stereocenters. The van der Waals surface area contributed by atoms with Crippen LogP contribution >= 0.6 is 0 Å². The van der Waals surface area contributed by atoms with Crippen molar-refractivity contribution in [1.29, 1.82) is 0 Å². The molecular formula is C24H28N8O. The molecule has 9 nitrogen and oxygen atoms in total. The molecule has 0 radical (unpaired) electrons. The Kier molecular flexibility index (Phi) is 4.45. The second-order valence-corrected chi connectivity index (χ2v) is 9.95. The largest absolute Gasteiger partial charge is 0.324 e. The van der Waals surface area contributed by atoms with Gasteiger partial charge < -0.3 is 10.6 Å². The van der Waals surface area contributed by atoms with Gasteiger partial charge in [-0.25, -0.2) is 14.3 Å². The number of fused-ring (bicyclic) bond motifs is 2. The molecule has 170 valence electrons. The van der Waals surface area contributed by atoms with Crippen molar-refractivity contribution in [2.75, 3.05) is 11.9 Å². The van der Waals surface area contributed by atoms with E-state index in [2.05, 4.69) is 54.6 Å². The molecule has 0 spiro atoms. The summed E-state index contributed by atoms with van der Waals surface area (Å²) in [6.45, 7) is 8.18. The summed E-state index contributed by atoms with van der Waals surface area (Å²) in [6, 6.07) is 8.48. The molecule has 1 aliphatic heterocycles. The molecule has 6 rings (SSSR count). The summed E-state index contributed by atoms with van der Waals surface area (Å²) >= 11 is 0. The third-order valence-corrected chi connectivity index (χ3v) is 6.34. The van der Waals surface area contributed by atoms with Gasteiger partial charge in [-0.15, -0.1) is 0 Å². The number of hydrogen-bond donors (Lipinski definition) is 2. The first-order valence-electron chi connectivity index (χ1n) is 11.5. The first-order valence-corrected chi connectivity index (χ1v) is 11.5. The topological polar surface area (TPSA) is 94.6 Å². The Labute approximate surface area is 191 Å². The van der Waals surface area contributed by atoms with E-state index in [1.165, 1.54) is 11.1 Å². The maximum absolute atomic E-state index is 13.2. The lowest BCUT2D eigenvalue weighted by Crippen LogP contribution is -2.24. The summed E-state index contributed by atoms with van der Waals surface area (Å²) < 4.78 is 5.57. The molecule has 1 fully saturated rings. The maximum Gasteiger partial charge on any atom is 0.278 e. The number of rotatable bonds is 4. The SMILES string of the molecule is CC(C)(C)n1ccc(-n2c3nc(Nc4ccc5c(c4)CNCC5)ncc3c(=O)n2C2CC2)n1. The highest BCUT2D eigenvalue weighted by Gasteiger charge is 2.31. The zero-order chi connectivity index (χ0) is 22.7. The van der Waals surface area contributed by atoms with Gasteiger partial charge in [0, 0.05) is 30.7 Å². The summed E-state index contributed by atoms with van der Waals surface area (Å²) in [5, 5.41) is 12.0. The molecule has 0 atom stereocenters. The van der Waals surface area contributed by atoms with E-state index in [9.17, 15) is 4.79 Å². The van der Waals surface area contributed by atoms with Crippen molar-refractivity contribution in [2.45, 2.75) is 58.2 Å². The van der Waals surface area contributed by atoms with Crippen LogP contribution in [0.25, 0.3) is 16.9 Å². The molecule has 0 bridgehead atoms. The number of nitrogens with zero attached hydrogens (tertiary/aromatic N) is 6. The van der Waals surface area contributed by atoms with Crippen molar-refractivity contribution < 1.29 is 0 Å². The van der Waals surface area contributed by atoms with E-state index in [1.54, 1.807) is 10.9 Å². The summed E-state index contributed by atoms with van der Waals surface area (Å²) in [7, 11) is 0. The Hall–Kier alpha value is -3.46. The van der Waals surface area contributed by atoms with Crippen LogP contribution in [0, 0.1) is 0 Å². The molecule has 4 aromatic rings. The smallest absolute Gasteiger partial charge is 0.278 e. The van der Waals surface area contributed by atoms with Crippen LogP contribution in [0.3, 0.4) is 0 Å².